The second-order valence-electron chi connectivity index (χ2n) is 2.67. The molecule has 0 saturated carbocycles. The first-order valence-electron chi connectivity index (χ1n) is 3.47. The molecule has 10 heteroatoms. The van der Waals surface area contributed by atoms with Gasteiger partial charge in [-0.25, -0.2) is 0 Å². The van der Waals surface area contributed by atoms with Gasteiger partial charge < -0.3 is 0 Å². The summed E-state index contributed by atoms with van der Waals surface area (Å²) in [5.74, 6) is 0. The fraction of sp³-hybridized carbons (Fsp3) is 0. The third-order valence-electron chi connectivity index (χ3n) is 1.53. The fourth-order valence-corrected chi connectivity index (χ4v) is 5.23. The van der Waals surface area contributed by atoms with Gasteiger partial charge in [0.2, 0.25) is 0 Å². The molecule has 0 atom stereocenters. The lowest BCUT2D eigenvalue weighted by molar-refractivity contribution is 0.479. The maximum absolute atomic E-state index is 11.0. The lowest BCUT2D eigenvalue weighted by Gasteiger charge is -2.06. The summed E-state index contributed by atoms with van der Waals surface area (Å²) in [6, 6.07) is 2.21. The van der Waals surface area contributed by atoms with Crippen LogP contribution >= 0.6 is 45.2 Å². The van der Waals surface area contributed by atoms with Crippen molar-refractivity contribution in [2.45, 2.75) is 9.79 Å². The van der Waals surface area contributed by atoms with Crippen molar-refractivity contribution in [3.8, 4) is 0 Å². The van der Waals surface area contributed by atoms with Crippen molar-refractivity contribution in [3.05, 3.63) is 19.3 Å². The van der Waals surface area contributed by atoms with Crippen LogP contribution in [0.4, 0.5) is 0 Å². The highest BCUT2D eigenvalue weighted by Crippen LogP contribution is 2.27. The van der Waals surface area contributed by atoms with Crippen LogP contribution in [0.2, 0.25) is 0 Å². The minimum absolute atomic E-state index is 0.247. The molecule has 90 valence electrons. The molecule has 0 spiro atoms. The zero-order valence-corrected chi connectivity index (χ0v) is 13.2. The zero-order valence-electron chi connectivity index (χ0n) is 7.25. The van der Waals surface area contributed by atoms with Gasteiger partial charge in [-0.2, -0.15) is 16.8 Å². The summed E-state index contributed by atoms with van der Waals surface area (Å²) in [5.41, 5.74) is 0. The largest absolute Gasteiger partial charge is 0.295 e. The minimum Gasteiger partial charge on any atom is -0.282 e. The van der Waals surface area contributed by atoms with Gasteiger partial charge in [0.05, 0.1) is 3.57 Å². The van der Waals surface area contributed by atoms with E-state index in [4.69, 9.17) is 9.11 Å². The van der Waals surface area contributed by atoms with Crippen molar-refractivity contribution in [1.82, 2.24) is 0 Å². The van der Waals surface area contributed by atoms with Gasteiger partial charge in [-0.1, -0.05) is 0 Å². The van der Waals surface area contributed by atoms with Crippen LogP contribution in [0.1, 0.15) is 0 Å². The van der Waals surface area contributed by atoms with Gasteiger partial charge in [-0.3, -0.25) is 9.11 Å². The number of halogens is 2. The molecule has 1 aromatic rings. The van der Waals surface area contributed by atoms with Crippen molar-refractivity contribution in [1.29, 1.82) is 0 Å². The van der Waals surface area contributed by atoms with E-state index in [0.29, 0.717) is 0 Å². The Morgan fingerprint density at radius 3 is 1.44 bits per heavy atom. The Balaban J connectivity index is 3.78. The summed E-state index contributed by atoms with van der Waals surface area (Å²) in [6.07, 6.45) is 0. The van der Waals surface area contributed by atoms with Gasteiger partial charge in [-0.05, 0) is 57.3 Å². The lowest BCUT2D eigenvalue weighted by Crippen LogP contribution is -2.08. The fourth-order valence-electron chi connectivity index (χ4n) is 0.916. The molecule has 0 aromatic heterocycles. The number of benzene rings is 1. The van der Waals surface area contributed by atoms with Crippen LogP contribution in [0.5, 0.6) is 0 Å². The summed E-state index contributed by atoms with van der Waals surface area (Å²) in [7, 11) is -9.05. The van der Waals surface area contributed by atoms with Crippen LogP contribution in [-0.2, 0) is 20.2 Å². The van der Waals surface area contributed by atoms with Gasteiger partial charge in [0, 0.05) is 3.57 Å². The molecule has 1 rings (SSSR count). The van der Waals surface area contributed by atoms with E-state index in [9.17, 15) is 16.8 Å². The number of rotatable bonds is 2. The summed E-state index contributed by atoms with van der Waals surface area (Å²) >= 11 is 3.10. The third kappa shape index (κ3) is 3.25. The van der Waals surface area contributed by atoms with E-state index in [1.807, 2.05) is 0 Å². The SMILES string of the molecule is O=S(=O)(O)c1cc(I)cc(S(=O)(=O)O)c1I. The Bertz CT molecular complexity index is 580. The van der Waals surface area contributed by atoms with Crippen molar-refractivity contribution in [2.24, 2.45) is 0 Å². The van der Waals surface area contributed by atoms with Gasteiger partial charge >= 0.3 is 0 Å². The molecule has 0 amide bonds. The first-order chi connectivity index (χ1) is 7.03. The van der Waals surface area contributed by atoms with Crippen LogP contribution in [-0.4, -0.2) is 25.9 Å². The van der Waals surface area contributed by atoms with Crippen molar-refractivity contribution >= 4 is 65.4 Å². The summed E-state index contributed by atoms with van der Waals surface area (Å²) in [5, 5.41) is 0. The van der Waals surface area contributed by atoms with E-state index in [1.54, 1.807) is 22.6 Å². The monoisotopic (exact) mass is 490 g/mol. The highest BCUT2D eigenvalue weighted by Gasteiger charge is 2.23. The molecule has 0 aliphatic carbocycles. The van der Waals surface area contributed by atoms with Crippen LogP contribution in [0.3, 0.4) is 0 Å². The molecule has 0 heterocycles. The van der Waals surface area contributed by atoms with Crippen molar-refractivity contribution in [3.63, 3.8) is 0 Å². The van der Waals surface area contributed by atoms with E-state index < -0.39 is 30.0 Å². The molecule has 0 aliphatic heterocycles. The molecule has 16 heavy (non-hydrogen) atoms. The van der Waals surface area contributed by atoms with Crippen LogP contribution in [0.25, 0.3) is 0 Å². The second kappa shape index (κ2) is 4.64. The summed E-state index contributed by atoms with van der Waals surface area (Å²) < 4.78 is 61.6. The predicted molar refractivity (Wildman–Crippen MR) is 71.5 cm³/mol. The normalized spacial score (nSPS) is 12.8. The quantitative estimate of drug-likeness (QED) is 0.480. The molecule has 0 saturated heterocycles. The summed E-state index contributed by atoms with van der Waals surface area (Å²) in [6.45, 7) is 0. The average molecular weight is 490 g/mol. The number of hydrogen-bond acceptors (Lipinski definition) is 4. The molecule has 0 bridgehead atoms. The Morgan fingerprint density at radius 2 is 1.19 bits per heavy atom. The molecule has 0 radical (unpaired) electrons. The third-order valence-corrected chi connectivity index (χ3v) is 5.80. The van der Waals surface area contributed by atoms with Gasteiger partial charge in [0.1, 0.15) is 9.79 Å². The molecule has 0 unspecified atom stereocenters. The first-order valence-corrected chi connectivity index (χ1v) is 8.51. The van der Waals surface area contributed by atoms with E-state index in [1.165, 1.54) is 22.6 Å². The average Bonchev–Trinajstić information content (AvgIpc) is 2.04. The summed E-state index contributed by atoms with van der Waals surface area (Å²) in [4.78, 5) is -1.10. The van der Waals surface area contributed by atoms with E-state index >= 15 is 0 Å². The maximum Gasteiger partial charge on any atom is 0.295 e. The molecule has 6 nitrogen and oxygen atoms in total. The lowest BCUT2D eigenvalue weighted by atomic mass is 10.4. The van der Waals surface area contributed by atoms with Gasteiger partial charge in [0.25, 0.3) is 20.2 Å². The Hall–Kier alpha value is 0.500. The van der Waals surface area contributed by atoms with Gasteiger partial charge in [0.15, 0.2) is 0 Å². The Kier molecular flexibility index (Phi) is 4.22. The first kappa shape index (κ1) is 14.6. The molecular weight excluding hydrogens is 486 g/mol. The highest BCUT2D eigenvalue weighted by atomic mass is 127. The van der Waals surface area contributed by atoms with E-state index in [0.717, 1.165) is 12.1 Å². The van der Waals surface area contributed by atoms with Gasteiger partial charge in [-0.15, -0.1) is 0 Å². The molecule has 1 aromatic carbocycles. The molecule has 2 N–H and O–H groups in total. The standard InChI is InChI=1S/C6H4I2O6S2/c7-3-1-4(15(9,10)11)6(8)5(2-3)16(12,13)14/h1-2H,(H,9,10,11)(H,12,13,14). The Morgan fingerprint density at radius 1 is 0.875 bits per heavy atom. The van der Waals surface area contributed by atoms with Crippen molar-refractivity contribution in [2.75, 3.05) is 0 Å². The number of hydrogen-bond donors (Lipinski definition) is 2. The molecule has 0 fully saturated rings. The predicted octanol–water partition coefficient (Wildman–Crippen LogP) is 1.39. The van der Waals surface area contributed by atoms with Crippen LogP contribution in [0.15, 0.2) is 21.9 Å². The minimum atomic E-state index is -4.53. The smallest absolute Gasteiger partial charge is 0.282 e. The Labute approximate surface area is 119 Å². The highest BCUT2D eigenvalue weighted by molar-refractivity contribution is 14.1. The maximum atomic E-state index is 11.0. The van der Waals surface area contributed by atoms with Crippen LogP contribution < -0.4 is 0 Å². The van der Waals surface area contributed by atoms with Crippen LogP contribution in [0, 0.1) is 7.14 Å². The zero-order chi connectivity index (χ0) is 12.7. The topological polar surface area (TPSA) is 109 Å². The molecule has 0 aliphatic rings. The van der Waals surface area contributed by atoms with E-state index in [-0.39, 0.29) is 7.14 Å². The molecular formula is C6H4I2O6S2. The second-order valence-corrected chi connectivity index (χ2v) is 7.77. The van der Waals surface area contributed by atoms with Crippen molar-refractivity contribution < 1.29 is 25.9 Å². The van der Waals surface area contributed by atoms with E-state index in [2.05, 4.69) is 0 Å².